The summed E-state index contributed by atoms with van der Waals surface area (Å²) >= 11 is 5.86. The number of carbonyl (C=O) groups excluding carboxylic acids is 1. The third-order valence-electron chi connectivity index (χ3n) is 4.43. The molecule has 3 rings (SSSR count). The molecule has 1 aromatic carbocycles. The van der Waals surface area contributed by atoms with E-state index in [-0.39, 0.29) is 11.9 Å². The van der Waals surface area contributed by atoms with Crippen molar-refractivity contribution in [2.24, 2.45) is 0 Å². The van der Waals surface area contributed by atoms with Crippen LogP contribution in [0.3, 0.4) is 0 Å². The van der Waals surface area contributed by atoms with Gasteiger partial charge < -0.3 is 11.1 Å². The lowest BCUT2D eigenvalue weighted by Crippen LogP contribution is -2.46. The smallest absolute Gasteiger partial charge is 0.253 e. The van der Waals surface area contributed by atoms with Crippen LogP contribution in [0.15, 0.2) is 18.2 Å². The molecule has 2 saturated heterocycles. The summed E-state index contributed by atoms with van der Waals surface area (Å²) in [6, 6.07) is 5.77. The number of benzene rings is 1. The molecule has 0 radical (unpaired) electrons. The molecule has 2 fully saturated rings. The van der Waals surface area contributed by atoms with E-state index in [1.54, 1.807) is 18.2 Å². The minimum atomic E-state index is -0.0865. The summed E-state index contributed by atoms with van der Waals surface area (Å²) in [5, 5.41) is 3.71. The second-order valence-electron chi connectivity index (χ2n) is 5.70. The van der Waals surface area contributed by atoms with Crippen molar-refractivity contribution in [2.75, 3.05) is 18.8 Å². The fourth-order valence-corrected chi connectivity index (χ4v) is 3.58. The van der Waals surface area contributed by atoms with Crippen LogP contribution < -0.4 is 11.1 Å². The van der Waals surface area contributed by atoms with E-state index in [0.717, 1.165) is 13.0 Å². The standard InChI is InChI=1S/C15H20ClN3O/c16-10-4-5-11(12(17)9-10)15(20)18-13-6-8-19-7-2-1-3-14(13)19/h4-5,9,13-14H,1-3,6-8,17H2,(H,18,20). The van der Waals surface area contributed by atoms with Gasteiger partial charge in [0.1, 0.15) is 0 Å². The summed E-state index contributed by atoms with van der Waals surface area (Å²) in [4.78, 5) is 14.9. The minimum Gasteiger partial charge on any atom is -0.398 e. The lowest BCUT2D eigenvalue weighted by atomic mass is 9.98. The van der Waals surface area contributed by atoms with Crippen LogP contribution in [0.2, 0.25) is 5.02 Å². The maximum Gasteiger partial charge on any atom is 0.253 e. The summed E-state index contributed by atoms with van der Waals surface area (Å²) in [5.74, 6) is -0.0865. The first-order valence-corrected chi connectivity index (χ1v) is 7.63. The van der Waals surface area contributed by atoms with Crippen molar-refractivity contribution < 1.29 is 4.79 Å². The van der Waals surface area contributed by atoms with Crippen molar-refractivity contribution in [1.82, 2.24) is 10.2 Å². The fourth-order valence-electron chi connectivity index (χ4n) is 3.40. The Hall–Kier alpha value is -1.26. The van der Waals surface area contributed by atoms with E-state index in [0.29, 0.717) is 22.3 Å². The predicted molar refractivity (Wildman–Crippen MR) is 80.9 cm³/mol. The van der Waals surface area contributed by atoms with Gasteiger partial charge in [0.2, 0.25) is 0 Å². The molecule has 20 heavy (non-hydrogen) atoms. The number of piperidine rings is 1. The Kier molecular flexibility index (Phi) is 3.85. The highest BCUT2D eigenvalue weighted by atomic mass is 35.5. The minimum absolute atomic E-state index is 0.0865. The number of hydrogen-bond donors (Lipinski definition) is 2. The Morgan fingerprint density at radius 1 is 1.30 bits per heavy atom. The molecule has 2 atom stereocenters. The van der Waals surface area contributed by atoms with Crippen molar-refractivity contribution in [2.45, 2.75) is 37.8 Å². The van der Waals surface area contributed by atoms with Gasteiger partial charge in [-0.1, -0.05) is 18.0 Å². The molecule has 5 heteroatoms. The average molecular weight is 294 g/mol. The Labute approximate surface area is 124 Å². The number of nitrogens with zero attached hydrogens (tertiary/aromatic N) is 1. The average Bonchev–Trinajstić information content (AvgIpc) is 2.82. The van der Waals surface area contributed by atoms with Gasteiger partial charge in [-0.2, -0.15) is 0 Å². The summed E-state index contributed by atoms with van der Waals surface area (Å²) in [5.41, 5.74) is 6.83. The molecule has 0 aromatic heterocycles. The molecule has 4 nitrogen and oxygen atoms in total. The molecule has 0 bridgehead atoms. The third kappa shape index (κ3) is 2.63. The van der Waals surface area contributed by atoms with Crippen molar-refractivity contribution in [3.05, 3.63) is 28.8 Å². The van der Waals surface area contributed by atoms with Gasteiger partial charge in [0, 0.05) is 29.3 Å². The number of rotatable bonds is 2. The van der Waals surface area contributed by atoms with Crippen molar-refractivity contribution in [3.63, 3.8) is 0 Å². The lowest BCUT2D eigenvalue weighted by Gasteiger charge is -2.32. The van der Waals surface area contributed by atoms with Gasteiger partial charge in [-0.3, -0.25) is 9.69 Å². The van der Waals surface area contributed by atoms with Gasteiger partial charge in [-0.05, 0) is 44.0 Å². The number of nitrogens with two attached hydrogens (primary N) is 1. The Morgan fingerprint density at radius 3 is 2.95 bits per heavy atom. The van der Waals surface area contributed by atoms with Crippen molar-refractivity contribution in [1.29, 1.82) is 0 Å². The molecule has 108 valence electrons. The van der Waals surface area contributed by atoms with Crippen molar-refractivity contribution >= 4 is 23.2 Å². The molecule has 0 saturated carbocycles. The van der Waals surface area contributed by atoms with Gasteiger partial charge in [0.05, 0.1) is 5.56 Å². The number of halogens is 1. The van der Waals surface area contributed by atoms with Gasteiger partial charge >= 0.3 is 0 Å². The largest absolute Gasteiger partial charge is 0.398 e. The van der Waals surface area contributed by atoms with Gasteiger partial charge in [0.15, 0.2) is 0 Å². The van der Waals surface area contributed by atoms with Gasteiger partial charge in [-0.15, -0.1) is 0 Å². The highest BCUT2D eigenvalue weighted by Gasteiger charge is 2.36. The van der Waals surface area contributed by atoms with E-state index < -0.39 is 0 Å². The monoisotopic (exact) mass is 293 g/mol. The molecule has 2 aliphatic rings. The summed E-state index contributed by atoms with van der Waals surface area (Å²) in [6.07, 6.45) is 4.75. The molecule has 1 amide bonds. The molecule has 3 N–H and O–H groups in total. The SMILES string of the molecule is Nc1cc(Cl)ccc1C(=O)NC1CCN2CCCCC12. The molecule has 2 aliphatic heterocycles. The van der Waals surface area contributed by atoms with Gasteiger partial charge in [0.25, 0.3) is 5.91 Å². The lowest BCUT2D eigenvalue weighted by molar-refractivity contribution is 0.0916. The molecule has 0 aliphatic carbocycles. The summed E-state index contributed by atoms with van der Waals surface area (Å²) < 4.78 is 0. The van der Waals surface area contributed by atoms with Crippen LogP contribution >= 0.6 is 11.6 Å². The molecule has 0 spiro atoms. The number of anilines is 1. The van der Waals surface area contributed by atoms with Crippen molar-refractivity contribution in [3.8, 4) is 0 Å². The molecular formula is C15H20ClN3O. The normalized spacial score (nSPS) is 26.2. The van der Waals surface area contributed by atoms with Crippen LogP contribution in [-0.2, 0) is 0 Å². The van der Waals surface area contributed by atoms with E-state index in [1.165, 1.54) is 25.8 Å². The van der Waals surface area contributed by atoms with Crippen LogP contribution in [0, 0.1) is 0 Å². The molecular weight excluding hydrogens is 274 g/mol. The number of carbonyl (C=O) groups is 1. The quantitative estimate of drug-likeness (QED) is 0.823. The maximum absolute atomic E-state index is 12.4. The van der Waals surface area contributed by atoms with E-state index in [4.69, 9.17) is 17.3 Å². The number of nitrogen functional groups attached to an aromatic ring is 1. The second kappa shape index (κ2) is 5.62. The Bertz CT molecular complexity index is 520. The zero-order chi connectivity index (χ0) is 14.1. The molecule has 2 unspecified atom stereocenters. The summed E-state index contributed by atoms with van der Waals surface area (Å²) in [7, 11) is 0. The van der Waals surface area contributed by atoms with Crippen LogP contribution in [-0.4, -0.2) is 36.0 Å². The molecule has 1 aromatic rings. The highest BCUT2D eigenvalue weighted by Crippen LogP contribution is 2.27. The Morgan fingerprint density at radius 2 is 2.15 bits per heavy atom. The van der Waals surface area contributed by atoms with Gasteiger partial charge in [-0.25, -0.2) is 0 Å². The predicted octanol–water partition coefficient (Wildman–Crippen LogP) is 2.28. The van der Waals surface area contributed by atoms with Crippen LogP contribution in [0.25, 0.3) is 0 Å². The first kappa shape index (κ1) is 13.7. The zero-order valence-corrected chi connectivity index (χ0v) is 12.2. The first-order chi connectivity index (χ1) is 9.65. The number of fused-ring (bicyclic) bond motifs is 1. The first-order valence-electron chi connectivity index (χ1n) is 7.25. The number of amides is 1. The van der Waals surface area contributed by atoms with Crippen LogP contribution in [0.5, 0.6) is 0 Å². The second-order valence-corrected chi connectivity index (χ2v) is 6.14. The summed E-state index contributed by atoms with van der Waals surface area (Å²) in [6.45, 7) is 2.26. The third-order valence-corrected chi connectivity index (χ3v) is 4.67. The van der Waals surface area contributed by atoms with E-state index in [1.807, 2.05) is 0 Å². The number of hydrogen-bond acceptors (Lipinski definition) is 3. The zero-order valence-electron chi connectivity index (χ0n) is 11.4. The van der Waals surface area contributed by atoms with E-state index >= 15 is 0 Å². The van der Waals surface area contributed by atoms with E-state index in [9.17, 15) is 4.79 Å². The van der Waals surface area contributed by atoms with Crippen LogP contribution in [0.1, 0.15) is 36.0 Å². The topological polar surface area (TPSA) is 58.4 Å². The van der Waals surface area contributed by atoms with Crippen LogP contribution in [0.4, 0.5) is 5.69 Å². The maximum atomic E-state index is 12.4. The van der Waals surface area contributed by atoms with E-state index in [2.05, 4.69) is 10.2 Å². The highest BCUT2D eigenvalue weighted by molar-refractivity contribution is 6.31. The molecule has 2 heterocycles. The Balaban J connectivity index is 1.69. The fraction of sp³-hybridized carbons (Fsp3) is 0.533. The number of nitrogens with one attached hydrogen (secondary N) is 1.